The van der Waals surface area contributed by atoms with E-state index in [0.717, 1.165) is 12.1 Å². The van der Waals surface area contributed by atoms with Gasteiger partial charge in [0.1, 0.15) is 11.1 Å². The molecule has 0 unspecified atom stereocenters. The summed E-state index contributed by atoms with van der Waals surface area (Å²) in [4.78, 5) is 19.4. The van der Waals surface area contributed by atoms with E-state index in [0.29, 0.717) is 23.2 Å². The van der Waals surface area contributed by atoms with Gasteiger partial charge >= 0.3 is 0 Å². The SMILES string of the molecule is COc1cccc2ncn(Cc3ccccc3CN(C)C)c(=O)c12. The van der Waals surface area contributed by atoms with Gasteiger partial charge in [-0.2, -0.15) is 0 Å². The zero-order valence-corrected chi connectivity index (χ0v) is 14.2. The lowest BCUT2D eigenvalue weighted by Crippen LogP contribution is -2.23. The first kappa shape index (κ1) is 16.2. The molecule has 0 saturated carbocycles. The molecular weight excluding hydrogens is 302 g/mol. The van der Waals surface area contributed by atoms with Crippen molar-refractivity contribution in [2.45, 2.75) is 13.1 Å². The molecule has 5 heteroatoms. The van der Waals surface area contributed by atoms with E-state index in [1.54, 1.807) is 24.1 Å². The maximum absolute atomic E-state index is 12.9. The summed E-state index contributed by atoms with van der Waals surface area (Å²) in [5.74, 6) is 0.556. The molecule has 0 aliphatic carbocycles. The third kappa shape index (κ3) is 3.16. The van der Waals surface area contributed by atoms with Gasteiger partial charge in [-0.15, -0.1) is 0 Å². The van der Waals surface area contributed by atoms with Gasteiger partial charge in [-0.3, -0.25) is 9.36 Å². The molecule has 5 nitrogen and oxygen atoms in total. The predicted molar refractivity (Wildman–Crippen MR) is 95.5 cm³/mol. The van der Waals surface area contributed by atoms with Gasteiger partial charge in [0.15, 0.2) is 0 Å². The number of hydrogen-bond donors (Lipinski definition) is 0. The highest BCUT2D eigenvalue weighted by Crippen LogP contribution is 2.20. The number of ether oxygens (including phenoxy) is 1. The van der Waals surface area contributed by atoms with Gasteiger partial charge in [-0.25, -0.2) is 4.98 Å². The highest BCUT2D eigenvalue weighted by atomic mass is 16.5. The Bertz CT molecular complexity index is 916. The molecule has 3 rings (SSSR count). The molecule has 1 aromatic heterocycles. The first-order valence-electron chi connectivity index (χ1n) is 7.84. The topological polar surface area (TPSA) is 47.4 Å². The van der Waals surface area contributed by atoms with Crippen molar-refractivity contribution in [2.75, 3.05) is 21.2 Å². The molecule has 3 aromatic rings. The van der Waals surface area contributed by atoms with Crippen LogP contribution in [0.3, 0.4) is 0 Å². The van der Waals surface area contributed by atoms with Crippen LogP contribution in [0.2, 0.25) is 0 Å². The van der Waals surface area contributed by atoms with Crippen LogP contribution >= 0.6 is 0 Å². The minimum Gasteiger partial charge on any atom is -0.496 e. The van der Waals surface area contributed by atoms with Crippen LogP contribution in [0.15, 0.2) is 53.6 Å². The lowest BCUT2D eigenvalue weighted by molar-refractivity contribution is 0.400. The lowest BCUT2D eigenvalue weighted by Gasteiger charge is -2.15. The van der Waals surface area contributed by atoms with Crippen LogP contribution in [-0.2, 0) is 13.1 Å². The molecule has 24 heavy (non-hydrogen) atoms. The summed E-state index contributed by atoms with van der Waals surface area (Å²) >= 11 is 0. The number of rotatable bonds is 5. The highest BCUT2D eigenvalue weighted by molar-refractivity contribution is 5.83. The first-order chi connectivity index (χ1) is 11.6. The molecule has 0 aliphatic heterocycles. The van der Waals surface area contributed by atoms with E-state index in [2.05, 4.69) is 22.0 Å². The van der Waals surface area contributed by atoms with E-state index in [1.807, 2.05) is 38.4 Å². The third-order valence-electron chi connectivity index (χ3n) is 3.98. The number of benzene rings is 2. The zero-order valence-electron chi connectivity index (χ0n) is 14.2. The molecule has 1 heterocycles. The fourth-order valence-electron chi connectivity index (χ4n) is 2.84. The summed E-state index contributed by atoms with van der Waals surface area (Å²) in [7, 11) is 5.63. The second kappa shape index (κ2) is 6.84. The molecule has 124 valence electrons. The summed E-state index contributed by atoms with van der Waals surface area (Å²) in [5.41, 5.74) is 2.88. The lowest BCUT2D eigenvalue weighted by atomic mass is 10.1. The molecule has 0 fully saturated rings. The minimum absolute atomic E-state index is 0.0860. The van der Waals surface area contributed by atoms with Gasteiger partial charge in [0.25, 0.3) is 5.56 Å². The van der Waals surface area contributed by atoms with Crippen molar-refractivity contribution < 1.29 is 4.74 Å². The quantitative estimate of drug-likeness (QED) is 0.724. The fraction of sp³-hybridized carbons (Fsp3) is 0.263. The Morgan fingerprint density at radius 3 is 2.54 bits per heavy atom. The Hall–Kier alpha value is -2.66. The van der Waals surface area contributed by atoms with Crippen molar-refractivity contribution in [2.24, 2.45) is 0 Å². The van der Waals surface area contributed by atoms with Crippen LogP contribution in [0.4, 0.5) is 0 Å². The Morgan fingerprint density at radius 2 is 1.83 bits per heavy atom. The predicted octanol–water partition coefficient (Wildman–Crippen LogP) is 2.52. The molecule has 0 radical (unpaired) electrons. The van der Waals surface area contributed by atoms with Crippen molar-refractivity contribution >= 4 is 10.9 Å². The molecule has 0 spiro atoms. The number of hydrogen-bond acceptors (Lipinski definition) is 4. The summed E-state index contributed by atoms with van der Waals surface area (Å²) < 4.78 is 6.97. The van der Waals surface area contributed by atoms with Gasteiger partial charge in [0.05, 0.1) is 25.5 Å². The largest absolute Gasteiger partial charge is 0.496 e. The molecule has 0 saturated heterocycles. The van der Waals surface area contributed by atoms with Gasteiger partial charge in [-0.1, -0.05) is 30.3 Å². The molecular formula is C19H21N3O2. The van der Waals surface area contributed by atoms with Crippen LogP contribution in [0, 0.1) is 0 Å². The first-order valence-corrected chi connectivity index (χ1v) is 7.84. The van der Waals surface area contributed by atoms with E-state index in [-0.39, 0.29) is 5.56 Å². The average molecular weight is 323 g/mol. The van der Waals surface area contributed by atoms with Crippen LogP contribution in [0.5, 0.6) is 5.75 Å². The molecule has 0 atom stereocenters. The van der Waals surface area contributed by atoms with Crippen molar-refractivity contribution in [3.05, 3.63) is 70.3 Å². The van der Waals surface area contributed by atoms with Crippen LogP contribution < -0.4 is 10.3 Å². The van der Waals surface area contributed by atoms with Gasteiger partial charge < -0.3 is 9.64 Å². The normalized spacial score (nSPS) is 11.2. The number of nitrogens with zero attached hydrogens (tertiary/aromatic N) is 3. The van der Waals surface area contributed by atoms with E-state index in [9.17, 15) is 4.79 Å². The average Bonchev–Trinajstić information content (AvgIpc) is 2.58. The van der Waals surface area contributed by atoms with E-state index < -0.39 is 0 Å². The number of aromatic nitrogens is 2. The Labute approximate surface area is 141 Å². The maximum Gasteiger partial charge on any atom is 0.265 e. The summed E-state index contributed by atoms with van der Waals surface area (Å²) in [5, 5.41) is 0.521. The van der Waals surface area contributed by atoms with E-state index >= 15 is 0 Å². The Balaban J connectivity index is 2.06. The third-order valence-corrected chi connectivity index (χ3v) is 3.98. The molecule has 0 aliphatic rings. The number of fused-ring (bicyclic) bond motifs is 1. The summed E-state index contributed by atoms with van der Waals surface area (Å²) in [6.45, 7) is 1.32. The monoisotopic (exact) mass is 323 g/mol. The number of methoxy groups -OCH3 is 1. The van der Waals surface area contributed by atoms with Crippen LogP contribution in [0.25, 0.3) is 10.9 Å². The fourth-order valence-corrected chi connectivity index (χ4v) is 2.84. The second-order valence-electron chi connectivity index (χ2n) is 6.04. The van der Waals surface area contributed by atoms with Gasteiger partial charge in [0.2, 0.25) is 0 Å². The molecule has 0 bridgehead atoms. The summed E-state index contributed by atoms with van der Waals surface area (Å²) in [6, 6.07) is 13.6. The van der Waals surface area contributed by atoms with Crippen molar-refractivity contribution in [3.63, 3.8) is 0 Å². The van der Waals surface area contributed by atoms with Crippen molar-refractivity contribution in [1.29, 1.82) is 0 Å². The summed E-state index contributed by atoms with van der Waals surface area (Å²) in [6.07, 6.45) is 1.61. The van der Waals surface area contributed by atoms with Crippen LogP contribution in [-0.4, -0.2) is 35.7 Å². The highest BCUT2D eigenvalue weighted by Gasteiger charge is 2.11. The van der Waals surface area contributed by atoms with Crippen molar-refractivity contribution in [1.82, 2.24) is 14.5 Å². The maximum atomic E-state index is 12.9. The van der Waals surface area contributed by atoms with Crippen LogP contribution in [0.1, 0.15) is 11.1 Å². The van der Waals surface area contributed by atoms with Gasteiger partial charge in [0, 0.05) is 6.54 Å². The van der Waals surface area contributed by atoms with E-state index in [1.165, 1.54) is 5.56 Å². The molecule has 0 N–H and O–H groups in total. The Morgan fingerprint density at radius 1 is 1.08 bits per heavy atom. The molecule has 2 aromatic carbocycles. The van der Waals surface area contributed by atoms with E-state index in [4.69, 9.17) is 4.74 Å². The van der Waals surface area contributed by atoms with Gasteiger partial charge in [-0.05, 0) is 37.4 Å². The molecule has 0 amide bonds. The Kier molecular flexibility index (Phi) is 4.62. The minimum atomic E-state index is -0.0860. The second-order valence-corrected chi connectivity index (χ2v) is 6.04. The smallest absolute Gasteiger partial charge is 0.265 e. The standard InChI is InChI=1S/C19H21N3O2/c1-21(2)11-14-7-4-5-8-15(14)12-22-13-20-16-9-6-10-17(24-3)18(16)19(22)23/h4-10,13H,11-12H2,1-3H3. The van der Waals surface area contributed by atoms with Crippen molar-refractivity contribution in [3.8, 4) is 5.75 Å². The zero-order chi connectivity index (χ0) is 17.1.